The lowest BCUT2D eigenvalue weighted by Gasteiger charge is -2.48. The molecule has 5 atom stereocenters. The minimum atomic E-state index is -2.88. The first-order chi connectivity index (χ1) is 33.2. The monoisotopic (exact) mass is 998 g/mol. The molecule has 2 aromatic heterocycles. The van der Waals surface area contributed by atoms with Crippen LogP contribution < -0.4 is 19.7 Å². The number of piperazine rings is 1. The van der Waals surface area contributed by atoms with Gasteiger partial charge < -0.3 is 23.8 Å². The van der Waals surface area contributed by atoms with Crippen LogP contribution in [0.15, 0.2) is 30.3 Å². The first-order valence-corrected chi connectivity index (χ1v) is 27.7. The van der Waals surface area contributed by atoms with Crippen LogP contribution in [0.4, 0.5) is 34.3 Å². The summed E-state index contributed by atoms with van der Waals surface area (Å²) < 4.78 is 73.5. The number of hydrogen-bond donors (Lipinski definition) is 1. The average molecular weight is 998 g/mol. The van der Waals surface area contributed by atoms with Gasteiger partial charge in [-0.1, -0.05) is 59.6 Å². The van der Waals surface area contributed by atoms with Crippen LogP contribution in [0.25, 0.3) is 32.9 Å². The summed E-state index contributed by atoms with van der Waals surface area (Å²) in [5.41, 5.74) is 3.52. The summed E-state index contributed by atoms with van der Waals surface area (Å²) in [6.07, 6.45) is 0.523. The maximum atomic E-state index is 18.4. The maximum absolute atomic E-state index is 18.4. The van der Waals surface area contributed by atoms with Crippen molar-refractivity contribution in [2.45, 2.75) is 186 Å². The normalized spacial score (nSPS) is 23.9. The van der Waals surface area contributed by atoms with E-state index in [0.29, 0.717) is 82.4 Å². The van der Waals surface area contributed by atoms with E-state index in [4.69, 9.17) is 33.9 Å². The van der Waals surface area contributed by atoms with Gasteiger partial charge in [0, 0.05) is 35.2 Å². The van der Waals surface area contributed by atoms with Gasteiger partial charge in [0.1, 0.15) is 54.4 Å². The van der Waals surface area contributed by atoms with Crippen LogP contribution >= 0.6 is 0 Å². The highest BCUT2D eigenvalue weighted by atomic mass is 28.3. The summed E-state index contributed by atoms with van der Waals surface area (Å²) in [4.78, 5) is 47.9. The highest BCUT2D eigenvalue weighted by Gasteiger charge is 2.58. The van der Waals surface area contributed by atoms with E-state index in [1.807, 2.05) is 56.9 Å². The Bertz CT molecular complexity index is 2820. The molecule has 0 spiro atoms. The number of fused-ring (bicyclic) bond motifs is 7. The number of nitrogens with one attached hydrogen (secondary N) is 1. The molecular formula is C54H70F3N7O6Si. The largest absolute Gasteiger partial charge is 0.472 e. The van der Waals surface area contributed by atoms with Crippen molar-refractivity contribution in [1.29, 1.82) is 0 Å². The summed E-state index contributed by atoms with van der Waals surface area (Å²) in [5.74, 6) is 0.325. The Morgan fingerprint density at radius 3 is 2.34 bits per heavy atom. The second-order valence-electron chi connectivity index (χ2n) is 23.6. The van der Waals surface area contributed by atoms with E-state index in [9.17, 15) is 9.59 Å². The van der Waals surface area contributed by atoms with Crippen molar-refractivity contribution < 1.29 is 41.7 Å². The lowest BCUT2D eigenvalue weighted by molar-refractivity contribution is 0.000848. The van der Waals surface area contributed by atoms with Gasteiger partial charge in [0.05, 0.1) is 30.2 Å². The van der Waals surface area contributed by atoms with E-state index in [2.05, 4.69) is 63.2 Å². The summed E-state index contributed by atoms with van der Waals surface area (Å²) >= 11 is 0. The van der Waals surface area contributed by atoms with E-state index >= 15 is 13.2 Å². The van der Waals surface area contributed by atoms with Gasteiger partial charge in [-0.2, -0.15) is 9.97 Å². The highest BCUT2D eigenvalue weighted by molar-refractivity contribution is 6.90. The van der Waals surface area contributed by atoms with Crippen LogP contribution in [0, 0.1) is 17.3 Å². The lowest BCUT2D eigenvalue weighted by Crippen LogP contribution is -2.65. The number of alkyl halides is 2. The number of carbonyl (C=O) groups is 2. The Morgan fingerprint density at radius 1 is 0.958 bits per heavy atom. The van der Waals surface area contributed by atoms with E-state index in [-0.39, 0.29) is 60.1 Å². The zero-order chi connectivity index (χ0) is 51.3. The van der Waals surface area contributed by atoms with Crippen molar-refractivity contribution in [3.8, 4) is 34.6 Å². The number of hydrogen-bond acceptors (Lipinski definition) is 11. The molecule has 1 N–H and O–H groups in total. The Morgan fingerprint density at radius 2 is 1.66 bits per heavy atom. The van der Waals surface area contributed by atoms with Crippen LogP contribution in [-0.4, -0.2) is 118 Å². The van der Waals surface area contributed by atoms with Gasteiger partial charge in [0.25, 0.3) is 5.92 Å². The Balaban J connectivity index is 1.26. The minimum absolute atomic E-state index is 0.0728. The summed E-state index contributed by atoms with van der Waals surface area (Å²) in [7, 11) is -2.27. The molecule has 0 unspecified atom stereocenters. The molecule has 4 fully saturated rings. The smallest absolute Gasteiger partial charge is 0.412 e. The summed E-state index contributed by atoms with van der Waals surface area (Å²) in [6, 6.07) is 7.93. The predicted molar refractivity (Wildman–Crippen MR) is 273 cm³/mol. The number of ether oxygens (including phenoxy) is 4. The van der Waals surface area contributed by atoms with Crippen molar-refractivity contribution >= 4 is 53.4 Å². The molecule has 13 nitrogen and oxygen atoms in total. The lowest BCUT2D eigenvalue weighted by atomic mass is 9.94. The number of carbonyl (C=O) groups excluding carboxylic acids is 2. The molecular weight excluding hydrogens is 928 g/mol. The number of amides is 2. The van der Waals surface area contributed by atoms with E-state index < -0.39 is 60.9 Å². The number of rotatable bonds is 8. The number of benzene rings is 2. The molecule has 7 heterocycles. The SMILES string of the molecule is CC(C)[Si](C#Cc1cccc2cc(NC(=O)OC(C)(C)C)cc(-c3nc4c5c(nc(OC[C@@]67CCCN6CC(F)(F)C7)nc5c3F)N3C[C@H]5CC[C@@H]([C@H]3[C@H](C)O4)N5C(=O)OC(C)(C)C)c12)(C(C)C)C(C)C. The topological polar surface area (TPSA) is 131 Å². The number of aromatic nitrogens is 3. The molecule has 4 saturated heterocycles. The summed E-state index contributed by atoms with van der Waals surface area (Å²) in [6.45, 7) is 26.6. The third-order valence-corrected chi connectivity index (χ3v) is 21.7. The van der Waals surface area contributed by atoms with E-state index in [1.54, 1.807) is 31.7 Å². The molecule has 71 heavy (non-hydrogen) atoms. The minimum Gasteiger partial charge on any atom is -0.472 e. The molecule has 9 rings (SSSR count). The van der Waals surface area contributed by atoms with Crippen LogP contribution in [0.3, 0.4) is 0 Å². The second-order valence-corrected chi connectivity index (χ2v) is 29.1. The van der Waals surface area contributed by atoms with Gasteiger partial charge >= 0.3 is 18.2 Å². The first kappa shape index (κ1) is 50.6. The fourth-order valence-electron chi connectivity index (χ4n) is 12.8. The average Bonchev–Trinajstić information content (AvgIpc) is 3.83. The second kappa shape index (κ2) is 18.0. The van der Waals surface area contributed by atoms with Gasteiger partial charge in [0.2, 0.25) is 5.88 Å². The molecule has 2 bridgehead atoms. The molecule has 5 aliphatic heterocycles. The first-order valence-electron chi connectivity index (χ1n) is 25.4. The molecule has 17 heteroatoms. The Labute approximate surface area is 416 Å². The predicted octanol–water partition coefficient (Wildman–Crippen LogP) is 11.9. The zero-order valence-electron chi connectivity index (χ0n) is 43.6. The van der Waals surface area contributed by atoms with Crippen molar-refractivity contribution in [1.82, 2.24) is 24.8 Å². The van der Waals surface area contributed by atoms with Crippen molar-refractivity contribution in [2.75, 3.05) is 36.5 Å². The highest BCUT2D eigenvalue weighted by Crippen LogP contribution is 2.50. The summed E-state index contributed by atoms with van der Waals surface area (Å²) in [5, 5.41) is 4.38. The Kier molecular flexibility index (Phi) is 12.8. The molecule has 5 aliphatic rings. The molecule has 382 valence electrons. The van der Waals surface area contributed by atoms with Crippen molar-refractivity contribution in [2.24, 2.45) is 0 Å². The third-order valence-electron chi connectivity index (χ3n) is 15.5. The fourth-order valence-corrected chi connectivity index (χ4v) is 18.0. The number of pyridine rings is 1. The number of halogens is 3. The Hall–Kier alpha value is -5.34. The molecule has 0 aliphatic carbocycles. The maximum Gasteiger partial charge on any atom is 0.412 e. The van der Waals surface area contributed by atoms with Gasteiger partial charge in [-0.25, -0.2) is 27.7 Å². The van der Waals surface area contributed by atoms with Crippen LogP contribution in [0.5, 0.6) is 11.9 Å². The third kappa shape index (κ3) is 9.25. The standard InChI is InChI=1S/C54H70F3N7O6Si/c1-30(2)71(31(3)4,32(5)6)23-20-34-16-14-17-35-24-36(58-49(65)69-51(8,9)10)25-38(40(34)35)43-42(55)44-41-46(61-48(60-44)67-29-53-21-15-22-62(53)28-54(56,57)27-53)63-26-37-18-19-39(45(63)33(7)68-47(41)59-43)64(37)50(66)70-52(11,12)13/h14,16-17,24-25,30-33,37,39,45H,15,18-19,21-22,26-29H2,1-13H3,(H,58,65)/t33-,37+,39-,45+,53-/m0/s1. The van der Waals surface area contributed by atoms with E-state index in [1.165, 1.54) is 0 Å². The van der Waals surface area contributed by atoms with E-state index in [0.717, 1.165) is 6.42 Å². The number of nitrogens with zero attached hydrogens (tertiary/aromatic N) is 6. The van der Waals surface area contributed by atoms with Gasteiger partial charge in [0.15, 0.2) is 5.82 Å². The molecule has 4 aromatic rings. The van der Waals surface area contributed by atoms with Crippen LogP contribution in [-0.2, 0) is 9.47 Å². The number of anilines is 2. The molecule has 0 radical (unpaired) electrons. The van der Waals surface area contributed by atoms with Gasteiger partial charge in [-0.05, 0) is 121 Å². The van der Waals surface area contributed by atoms with Gasteiger partial charge in [-0.15, -0.1) is 5.54 Å². The van der Waals surface area contributed by atoms with Crippen LogP contribution in [0.2, 0.25) is 16.6 Å². The van der Waals surface area contributed by atoms with Crippen molar-refractivity contribution in [3.63, 3.8) is 0 Å². The van der Waals surface area contributed by atoms with Crippen LogP contribution in [0.1, 0.15) is 128 Å². The molecule has 0 saturated carbocycles. The van der Waals surface area contributed by atoms with Gasteiger partial charge in [-0.3, -0.25) is 15.1 Å². The fraction of sp³-hybridized carbons (Fsp3) is 0.611. The van der Waals surface area contributed by atoms with Crippen molar-refractivity contribution in [3.05, 3.63) is 41.7 Å². The zero-order valence-corrected chi connectivity index (χ0v) is 44.6. The molecule has 2 aromatic carbocycles. The quantitative estimate of drug-likeness (QED) is 0.134. The molecule has 2 amide bonds.